The van der Waals surface area contributed by atoms with Gasteiger partial charge in [0.05, 0.1) is 11.7 Å². The fraction of sp³-hybridized carbons (Fsp3) is 0.812. The molecule has 4 heteroatoms. The quantitative estimate of drug-likeness (QED) is 0.869. The molecule has 1 aromatic rings. The minimum atomic E-state index is 0.662. The SMILES string of the molecule is NCCCC1CCCN1Cc1ccn(C2CCCC2)n1. The van der Waals surface area contributed by atoms with Gasteiger partial charge in [-0.15, -0.1) is 0 Å². The van der Waals surface area contributed by atoms with Crippen LogP contribution in [0, 0.1) is 0 Å². The summed E-state index contributed by atoms with van der Waals surface area (Å²) in [5, 5.41) is 4.82. The van der Waals surface area contributed by atoms with Crippen molar-refractivity contribution in [1.29, 1.82) is 0 Å². The van der Waals surface area contributed by atoms with Crippen molar-refractivity contribution >= 4 is 0 Å². The van der Waals surface area contributed by atoms with E-state index in [1.165, 1.54) is 57.2 Å². The smallest absolute Gasteiger partial charge is 0.0765 e. The first-order valence-corrected chi connectivity index (χ1v) is 8.35. The fourth-order valence-electron chi connectivity index (χ4n) is 3.83. The standard InChI is InChI=1S/C16H28N4/c17-10-3-7-15-8-4-11-19(15)13-14-9-12-20(18-14)16-5-1-2-6-16/h9,12,15-16H,1-8,10-11,13,17H2. The van der Waals surface area contributed by atoms with Gasteiger partial charge < -0.3 is 5.73 Å². The molecule has 1 aliphatic heterocycles. The Kier molecular flexibility index (Phi) is 4.73. The molecule has 1 unspecified atom stereocenters. The highest BCUT2D eigenvalue weighted by atomic mass is 15.3. The maximum Gasteiger partial charge on any atom is 0.0765 e. The molecular formula is C16H28N4. The van der Waals surface area contributed by atoms with E-state index < -0.39 is 0 Å². The Bertz CT molecular complexity index is 408. The molecule has 0 spiro atoms. The van der Waals surface area contributed by atoms with Crippen molar-refractivity contribution in [2.24, 2.45) is 5.73 Å². The Hall–Kier alpha value is -0.870. The van der Waals surface area contributed by atoms with Crippen LogP contribution in [0.2, 0.25) is 0 Å². The largest absolute Gasteiger partial charge is 0.330 e. The zero-order valence-corrected chi connectivity index (χ0v) is 12.5. The molecule has 2 N–H and O–H groups in total. The first kappa shape index (κ1) is 14.1. The first-order chi connectivity index (χ1) is 9.86. The molecule has 1 aliphatic carbocycles. The second-order valence-electron chi connectivity index (χ2n) is 6.42. The van der Waals surface area contributed by atoms with Crippen molar-refractivity contribution < 1.29 is 0 Å². The molecule has 20 heavy (non-hydrogen) atoms. The number of hydrogen-bond acceptors (Lipinski definition) is 3. The highest BCUT2D eigenvalue weighted by Crippen LogP contribution is 2.29. The van der Waals surface area contributed by atoms with Gasteiger partial charge >= 0.3 is 0 Å². The van der Waals surface area contributed by atoms with Gasteiger partial charge in [0, 0.05) is 18.8 Å². The Balaban J connectivity index is 1.56. The molecule has 0 amide bonds. The van der Waals surface area contributed by atoms with Gasteiger partial charge in [-0.3, -0.25) is 9.58 Å². The van der Waals surface area contributed by atoms with E-state index in [0.29, 0.717) is 6.04 Å². The Morgan fingerprint density at radius 1 is 1.20 bits per heavy atom. The van der Waals surface area contributed by atoms with Gasteiger partial charge in [-0.1, -0.05) is 12.8 Å². The van der Waals surface area contributed by atoms with Gasteiger partial charge in [0.15, 0.2) is 0 Å². The van der Waals surface area contributed by atoms with E-state index in [-0.39, 0.29) is 0 Å². The molecule has 0 radical (unpaired) electrons. The molecule has 0 bridgehead atoms. The van der Waals surface area contributed by atoms with Crippen LogP contribution >= 0.6 is 0 Å². The number of aromatic nitrogens is 2. The fourth-order valence-corrected chi connectivity index (χ4v) is 3.83. The van der Waals surface area contributed by atoms with E-state index in [2.05, 4.69) is 21.8 Å². The second kappa shape index (κ2) is 6.72. The lowest BCUT2D eigenvalue weighted by molar-refractivity contribution is 0.228. The van der Waals surface area contributed by atoms with Crippen LogP contribution in [0.4, 0.5) is 0 Å². The summed E-state index contributed by atoms with van der Waals surface area (Å²) in [6.07, 6.45) is 12.6. The lowest BCUT2D eigenvalue weighted by Crippen LogP contribution is -2.29. The first-order valence-electron chi connectivity index (χ1n) is 8.35. The monoisotopic (exact) mass is 276 g/mol. The minimum Gasteiger partial charge on any atom is -0.330 e. The summed E-state index contributed by atoms with van der Waals surface area (Å²) in [6.45, 7) is 3.07. The zero-order chi connectivity index (χ0) is 13.8. The summed E-state index contributed by atoms with van der Waals surface area (Å²) in [5.41, 5.74) is 6.89. The van der Waals surface area contributed by atoms with E-state index in [4.69, 9.17) is 10.8 Å². The van der Waals surface area contributed by atoms with Gasteiger partial charge in [0.2, 0.25) is 0 Å². The van der Waals surface area contributed by atoms with Crippen molar-refractivity contribution in [2.45, 2.75) is 70.0 Å². The molecule has 1 aromatic heterocycles. The number of nitrogens with two attached hydrogens (primary N) is 1. The third-order valence-electron chi connectivity index (χ3n) is 4.97. The highest BCUT2D eigenvalue weighted by Gasteiger charge is 2.25. The lowest BCUT2D eigenvalue weighted by atomic mass is 10.1. The van der Waals surface area contributed by atoms with Gasteiger partial charge in [-0.05, 0) is 57.7 Å². The van der Waals surface area contributed by atoms with E-state index in [1.807, 2.05) is 0 Å². The minimum absolute atomic E-state index is 0.662. The van der Waals surface area contributed by atoms with E-state index in [9.17, 15) is 0 Å². The normalized spacial score (nSPS) is 24.8. The average Bonchev–Trinajstić information content (AvgIpc) is 3.18. The predicted octanol–water partition coefficient (Wildman–Crippen LogP) is 2.70. The van der Waals surface area contributed by atoms with Crippen molar-refractivity contribution in [1.82, 2.24) is 14.7 Å². The number of nitrogens with zero attached hydrogens (tertiary/aromatic N) is 3. The average molecular weight is 276 g/mol. The van der Waals surface area contributed by atoms with Crippen molar-refractivity contribution in [3.8, 4) is 0 Å². The summed E-state index contributed by atoms with van der Waals surface area (Å²) < 4.78 is 2.22. The molecule has 0 aromatic carbocycles. The summed E-state index contributed by atoms with van der Waals surface area (Å²) >= 11 is 0. The predicted molar refractivity (Wildman–Crippen MR) is 81.5 cm³/mol. The highest BCUT2D eigenvalue weighted by molar-refractivity contribution is 5.01. The van der Waals surface area contributed by atoms with Crippen LogP contribution < -0.4 is 5.73 Å². The molecule has 1 saturated carbocycles. The molecule has 1 saturated heterocycles. The van der Waals surface area contributed by atoms with Gasteiger partial charge in [-0.25, -0.2) is 0 Å². The van der Waals surface area contributed by atoms with E-state index in [0.717, 1.165) is 25.6 Å². The summed E-state index contributed by atoms with van der Waals surface area (Å²) in [4.78, 5) is 2.61. The Morgan fingerprint density at radius 2 is 2.05 bits per heavy atom. The van der Waals surface area contributed by atoms with Crippen molar-refractivity contribution in [3.05, 3.63) is 18.0 Å². The van der Waals surface area contributed by atoms with Gasteiger partial charge in [0.25, 0.3) is 0 Å². The number of likely N-dealkylation sites (tertiary alicyclic amines) is 1. The number of hydrogen-bond donors (Lipinski definition) is 1. The molecule has 2 heterocycles. The van der Waals surface area contributed by atoms with Crippen LogP contribution in [0.25, 0.3) is 0 Å². The second-order valence-corrected chi connectivity index (χ2v) is 6.42. The maximum atomic E-state index is 5.64. The van der Waals surface area contributed by atoms with Crippen LogP contribution in [0.5, 0.6) is 0 Å². The van der Waals surface area contributed by atoms with Gasteiger partial charge in [0.1, 0.15) is 0 Å². The Labute approximate surface area is 122 Å². The lowest BCUT2D eigenvalue weighted by Gasteiger charge is -2.23. The summed E-state index contributed by atoms with van der Waals surface area (Å²) in [5.74, 6) is 0. The summed E-state index contributed by atoms with van der Waals surface area (Å²) in [6, 6.07) is 3.61. The van der Waals surface area contributed by atoms with Crippen LogP contribution in [0.15, 0.2) is 12.3 Å². The maximum absolute atomic E-state index is 5.64. The van der Waals surface area contributed by atoms with Crippen LogP contribution in [0.3, 0.4) is 0 Å². The van der Waals surface area contributed by atoms with Crippen LogP contribution in [-0.4, -0.2) is 33.8 Å². The topological polar surface area (TPSA) is 47.1 Å². The number of rotatable bonds is 6. The molecule has 2 fully saturated rings. The molecule has 1 atom stereocenters. The Morgan fingerprint density at radius 3 is 2.85 bits per heavy atom. The molecule has 112 valence electrons. The zero-order valence-electron chi connectivity index (χ0n) is 12.5. The van der Waals surface area contributed by atoms with Crippen molar-refractivity contribution in [2.75, 3.05) is 13.1 Å². The molecular weight excluding hydrogens is 248 g/mol. The van der Waals surface area contributed by atoms with Crippen LogP contribution in [0.1, 0.15) is 63.1 Å². The van der Waals surface area contributed by atoms with E-state index in [1.54, 1.807) is 0 Å². The van der Waals surface area contributed by atoms with Crippen LogP contribution in [-0.2, 0) is 6.54 Å². The summed E-state index contributed by atoms with van der Waals surface area (Å²) in [7, 11) is 0. The third kappa shape index (κ3) is 3.23. The third-order valence-corrected chi connectivity index (χ3v) is 4.97. The molecule has 3 rings (SSSR count). The molecule has 4 nitrogen and oxygen atoms in total. The van der Waals surface area contributed by atoms with Crippen molar-refractivity contribution in [3.63, 3.8) is 0 Å². The molecule has 2 aliphatic rings. The van der Waals surface area contributed by atoms with Gasteiger partial charge in [-0.2, -0.15) is 5.10 Å². The van der Waals surface area contributed by atoms with E-state index >= 15 is 0 Å².